The first-order chi connectivity index (χ1) is 23.2. The Balaban J connectivity index is 1.58. The number of hydrogen-bond donors (Lipinski definition) is 0. The summed E-state index contributed by atoms with van der Waals surface area (Å²) in [6.07, 6.45) is 5.45. The van der Waals surface area contributed by atoms with Gasteiger partial charge in [-0.25, -0.2) is 0 Å². The van der Waals surface area contributed by atoms with Crippen LogP contribution in [0.3, 0.4) is 0 Å². The van der Waals surface area contributed by atoms with Crippen molar-refractivity contribution in [3.63, 3.8) is 0 Å². The van der Waals surface area contributed by atoms with Gasteiger partial charge in [0.05, 0.1) is 6.61 Å². The third-order valence-electron chi connectivity index (χ3n) is 10.1. The average molecular weight is 713 g/mol. The van der Waals surface area contributed by atoms with Gasteiger partial charge in [-0.2, -0.15) is 0 Å². The van der Waals surface area contributed by atoms with Gasteiger partial charge in [-0.05, 0) is 88.2 Å². The fourth-order valence-corrected chi connectivity index (χ4v) is 10.5. The van der Waals surface area contributed by atoms with Crippen LogP contribution in [0.4, 0.5) is 0 Å². The smallest absolute Gasteiger partial charge is 0.387 e. The molecule has 50 heavy (non-hydrogen) atoms. The molecule has 4 aromatic rings. The molecule has 0 spiro atoms. The zero-order valence-corrected chi connectivity index (χ0v) is 34.9. The van der Waals surface area contributed by atoms with Crippen LogP contribution in [-0.2, 0) is 17.3 Å². The normalized spacial score (nSPS) is 16.7. The van der Waals surface area contributed by atoms with E-state index >= 15 is 0 Å². The largest absolute Gasteiger partial charge is 0.399 e. The number of benzene rings is 3. The van der Waals surface area contributed by atoms with E-state index < -0.39 is 16.2 Å². The van der Waals surface area contributed by atoms with E-state index in [0.717, 1.165) is 30.3 Å². The molecule has 1 aromatic heterocycles. The lowest BCUT2D eigenvalue weighted by molar-refractivity contribution is 0.285. The number of rotatable bonds is 8. The Morgan fingerprint density at radius 1 is 0.760 bits per heavy atom. The molecule has 0 radical (unpaired) electrons. The maximum atomic E-state index is 7.03. The van der Waals surface area contributed by atoms with Crippen LogP contribution in [0.1, 0.15) is 119 Å². The van der Waals surface area contributed by atoms with E-state index in [2.05, 4.69) is 169 Å². The van der Waals surface area contributed by atoms with Crippen molar-refractivity contribution in [1.29, 1.82) is 0 Å². The lowest BCUT2D eigenvalue weighted by atomic mass is 9.68. The van der Waals surface area contributed by atoms with Gasteiger partial charge in [0.15, 0.2) is 0 Å². The van der Waals surface area contributed by atoms with Gasteiger partial charge >= 0.3 is 8.24 Å². The van der Waals surface area contributed by atoms with Crippen molar-refractivity contribution in [3.8, 4) is 0 Å². The molecule has 3 aromatic carbocycles. The van der Waals surface area contributed by atoms with E-state index in [0.29, 0.717) is 18.4 Å². The molecule has 0 aliphatic heterocycles. The van der Waals surface area contributed by atoms with Gasteiger partial charge in [0.2, 0.25) is 0 Å². The summed E-state index contributed by atoms with van der Waals surface area (Å²) in [6.45, 7) is 30.7. The van der Waals surface area contributed by atoms with Crippen LogP contribution in [0.5, 0.6) is 0 Å². The molecule has 0 saturated carbocycles. The minimum atomic E-state index is -1.68. The van der Waals surface area contributed by atoms with Crippen molar-refractivity contribution in [1.82, 2.24) is 0 Å². The molecular formula is C45H62O3P2. The highest BCUT2D eigenvalue weighted by Crippen LogP contribution is 2.50. The standard InChI is InChI=1S/C45H62O3P2/c1-31(30-49(34-20-16-14-17-21-34)35-22-18-15-19-23-35)24-25-46-50-47-40-36(26-32(42(2,3)4)28-38(40)44(8,9)10)37-27-33(43(5,6)7)29-39(41(37)48-50)45(11,12)13/h14-23,26,28-29,31,33H,24-25,27,30H2,1-13H3. The zero-order chi connectivity index (χ0) is 36.6. The maximum Gasteiger partial charge on any atom is 0.387 e. The van der Waals surface area contributed by atoms with Crippen molar-refractivity contribution >= 4 is 43.3 Å². The number of allylic oxidation sites excluding steroid dienone is 2. The van der Waals surface area contributed by atoms with Crippen LogP contribution in [0.25, 0.3) is 16.5 Å². The first kappa shape index (κ1) is 38.7. The highest BCUT2D eigenvalue weighted by atomic mass is 31.1. The van der Waals surface area contributed by atoms with Crippen LogP contribution in [-0.4, -0.2) is 12.8 Å². The summed E-state index contributed by atoms with van der Waals surface area (Å²) in [7, 11) is -2.14. The van der Waals surface area contributed by atoms with E-state index in [1.165, 1.54) is 38.3 Å². The molecule has 0 bridgehead atoms. The zero-order valence-electron chi connectivity index (χ0n) is 33.1. The molecule has 0 amide bonds. The van der Waals surface area contributed by atoms with Gasteiger partial charge in [0, 0.05) is 16.5 Å². The Labute approximate surface area is 305 Å². The third-order valence-corrected chi connectivity index (χ3v) is 14.0. The SMILES string of the molecule is CC(CCOp1oc2c(c3cc(C(C)(C)C)cc(C(C)(C)C)c3o1)CC(C(C)(C)C)C=C2C(C)(C)C)CP(c1ccccc1)c1ccccc1. The van der Waals surface area contributed by atoms with Gasteiger partial charge in [0.25, 0.3) is 0 Å². The molecular weight excluding hydrogens is 650 g/mol. The fraction of sp³-hybridized carbons (Fsp3) is 0.511. The van der Waals surface area contributed by atoms with E-state index in [1.54, 1.807) is 0 Å². The Bertz CT molecular complexity index is 1790. The van der Waals surface area contributed by atoms with Gasteiger partial charge < -0.3 is 8.39 Å². The number of hydrogen-bond acceptors (Lipinski definition) is 3. The second-order valence-electron chi connectivity index (χ2n) is 18.6. The molecule has 5 heteroatoms. The van der Waals surface area contributed by atoms with Crippen LogP contribution in [0, 0.1) is 22.7 Å². The molecule has 0 fully saturated rings. The molecule has 0 saturated heterocycles. The van der Waals surface area contributed by atoms with E-state index in [4.69, 9.17) is 12.9 Å². The van der Waals surface area contributed by atoms with Gasteiger partial charge in [-0.3, -0.25) is 4.52 Å². The Morgan fingerprint density at radius 3 is 1.84 bits per heavy atom. The summed E-state index contributed by atoms with van der Waals surface area (Å²) in [5.41, 5.74) is 5.87. The molecule has 3 atom stereocenters. The monoisotopic (exact) mass is 712 g/mol. The minimum absolute atomic E-state index is 0.0139. The second kappa shape index (κ2) is 14.8. The predicted molar refractivity (Wildman–Crippen MR) is 219 cm³/mol. The highest BCUT2D eigenvalue weighted by Gasteiger charge is 2.36. The van der Waals surface area contributed by atoms with Gasteiger partial charge in [-0.1, -0.05) is 163 Å². The summed E-state index contributed by atoms with van der Waals surface area (Å²) in [6, 6.07) is 26.8. The molecule has 1 aliphatic rings. The Hall–Kier alpha value is -2.57. The first-order valence-corrected chi connectivity index (χ1v) is 21.2. The van der Waals surface area contributed by atoms with Crippen LogP contribution in [0.2, 0.25) is 0 Å². The summed E-state index contributed by atoms with van der Waals surface area (Å²) < 4.78 is 20.8. The molecule has 3 nitrogen and oxygen atoms in total. The van der Waals surface area contributed by atoms with E-state index in [-0.39, 0.29) is 21.7 Å². The Morgan fingerprint density at radius 2 is 1.34 bits per heavy atom. The quantitative estimate of drug-likeness (QED) is 0.171. The van der Waals surface area contributed by atoms with Gasteiger partial charge in [0.1, 0.15) is 11.3 Å². The Kier molecular flexibility index (Phi) is 11.5. The summed E-state index contributed by atoms with van der Waals surface area (Å²) in [5.74, 6) is 1.81. The van der Waals surface area contributed by atoms with Crippen molar-refractivity contribution in [2.75, 3.05) is 12.8 Å². The lowest BCUT2D eigenvalue weighted by Gasteiger charge is -2.36. The minimum Gasteiger partial charge on any atom is -0.399 e. The third kappa shape index (κ3) is 9.07. The predicted octanol–water partition coefficient (Wildman–Crippen LogP) is 13.0. The summed E-state index contributed by atoms with van der Waals surface area (Å²) in [5, 5.41) is 4.03. The van der Waals surface area contributed by atoms with Crippen molar-refractivity contribution in [3.05, 3.63) is 101 Å². The molecule has 5 rings (SSSR count). The van der Waals surface area contributed by atoms with E-state index in [9.17, 15) is 0 Å². The van der Waals surface area contributed by atoms with Crippen LogP contribution < -0.4 is 15.1 Å². The van der Waals surface area contributed by atoms with Crippen molar-refractivity contribution in [2.45, 2.75) is 114 Å². The molecule has 1 aliphatic carbocycles. The maximum absolute atomic E-state index is 7.03. The second-order valence-corrected chi connectivity index (χ2v) is 22.0. The molecule has 0 N–H and O–H groups in total. The van der Waals surface area contributed by atoms with Crippen LogP contribution in [0.15, 0.2) is 87.3 Å². The summed E-state index contributed by atoms with van der Waals surface area (Å²) in [4.78, 5) is 0. The van der Waals surface area contributed by atoms with Gasteiger partial charge in [-0.15, -0.1) is 0 Å². The van der Waals surface area contributed by atoms with Crippen LogP contribution >= 0.6 is 16.2 Å². The molecule has 270 valence electrons. The fourth-order valence-electron chi connectivity index (χ4n) is 6.76. The van der Waals surface area contributed by atoms with Crippen molar-refractivity contribution in [2.24, 2.45) is 22.7 Å². The molecule has 1 heterocycles. The summed E-state index contributed by atoms with van der Waals surface area (Å²) >= 11 is 0. The lowest BCUT2D eigenvalue weighted by Crippen LogP contribution is -2.26. The van der Waals surface area contributed by atoms with Crippen molar-refractivity contribution < 1.29 is 12.9 Å². The topological polar surface area (TPSA) is 35.5 Å². The van der Waals surface area contributed by atoms with E-state index in [1.807, 2.05) is 0 Å². The first-order valence-electron chi connectivity index (χ1n) is 18.6. The number of fused-ring (bicyclic) bond motifs is 3. The molecule has 3 unspecified atom stereocenters. The average Bonchev–Trinajstić information content (AvgIpc) is 3.18. The highest BCUT2D eigenvalue weighted by molar-refractivity contribution is 7.73.